The standard InChI is InChI=1S/C14H15F3N2O2/c15-14(16,17)21-11-5-3-10(4-6-11)13(8-18)19-9-12-2-1-7-20-12/h3-6,12-13,19H,1-2,7,9H2. The molecule has 2 unspecified atom stereocenters. The average molecular weight is 300 g/mol. The summed E-state index contributed by atoms with van der Waals surface area (Å²) in [5.41, 5.74) is 0.588. The fraction of sp³-hybridized carbons (Fsp3) is 0.500. The minimum atomic E-state index is -4.71. The Morgan fingerprint density at radius 1 is 1.38 bits per heavy atom. The van der Waals surface area contributed by atoms with E-state index in [9.17, 15) is 13.2 Å². The second-order valence-corrected chi connectivity index (χ2v) is 4.72. The summed E-state index contributed by atoms with van der Waals surface area (Å²) in [6, 6.07) is 6.77. The molecule has 0 amide bonds. The molecule has 1 aliphatic rings. The van der Waals surface area contributed by atoms with Gasteiger partial charge in [0.05, 0.1) is 12.2 Å². The molecule has 7 heteroatoms. The van der Waals surface area contributed by atoms with Crippen molar-refractivity contribution in [2.45, 2.75) is 31.3 Å². The number of hydrogen-bond acceptors (Lipinski definition) is 4. The summed E-state index contributed by atoms with van der Waals surface area (Å²) >= 11 is 0. The molecule has 1 N–H and O–H groups in total. The lowest BCUT2D eigenvalue weighted by Gasteiger charge is -2.16. The van der Waals surface area contributed by atoms with Gasteiger partial charge in [-0.25, -0.2) is 0 Å². The largest absolute Gasteiger partial charge is 0.573 e. The Labute approximate surface area is 120 Å². The van der Waals surface area contributed by atoms with Gasteiger partial charge in [-0.2, -0.15) is 5.26 Å². The van der Waals surface area contributed by atoms with Gasteiger partial charge < -0.3 is 9.47 Å². The highest BCUT2D eigenvalue weighted by Crippen LogP contribution is 2.24. The molecule has 1 saturated heterocycles. The molecule has 0 aromatic heterocycles. The van der Waals surface area contributed by atoms with Crippen LogP contribution in [0.15, 0.2) is 24.3 Å². The van der Waals surface area contributed by atoms with Gasteiger partial charge >= 0.3 is 6.36 Å². The van der Waals surface area contributed by atoms with Crippen LogP contribution in [-0.4, -0.2) is 25.6 Å². The molecular weight excluding hydrogens is 285 g/mol. The first-order chi connectivity index (χ1) is 9.98. The molecule has 0 saturated carbocycles. The van der Waals surface area contributed by atoms with E-state index in [1.54, 1.807) is 0 Å². The molecule has 2 atom stereocenters. The second kappa shape index (κ2) is 6.78. The molecule has 1 fully saturated rings. The van der Waals surface area contributed by atoms with Crippen molar-refractivity contribution in [3.63, 3.8) is 0 Å². The van der Waals surface area contributed by atoms with E-state index in [-0.39, 0.29) is 11.9 Å². The molecule has 114 valence electrons. The molecular formula is C14H15F3N2O2. The maximum atomic E-state index is 12.1. The summed E-state index contributed by atoms with van der Waals surface area (Å²) in [5.74, 6) is -0.304. The lowest BCUT2D eigenvalue weighted by molar-refractivity contribution is -0.274. The fourth-order valence-corrected chi connectivity index (χ4v) is 2.15. The van der Waals surface area contributed by atoms with Gasteiger partial charge in [0, 0.05) is 13.2 Å². The van der Waals surface area contributed by atoms with E-state index in [2.05, 4.69) is 16.1 Å². The minimum Gasteiger partial charge on any atom is -0.406 e. The SMILES string of the molecule is N#CC(NCC1CCCO1)c1ccc(OC(F)(F)F)cc1. The number of ether oxygens (including phenoxy) is 2. The Hall–Kier alpha value is -1.78. The second-order valence-electron chi connectivity index (χ2n) is 4.72. The van der Waals surface area contributed by atoms with Crippen molar-refractivity contribution in [1.82, 2.24) is 5.32 Å². The third kappa shape index (κ3) is 4.92. The number of alkyl halides is 3. The number of benzene rings is 1. The van der Waals surface area contributed by atoms with Gasteiger partial charge in [-0.3, -0.25) is 5.32 Å². The van der Waals surface area contributed by atoms with Crippen LogP contribution in [0.25, 0.3) is 0 Å². The van der Waals surface area contributed by atoms with E-state index in [0.717, 1.165) is 19.4 Å². The van der Waals surface area contributed by atoms with Gasteiger partial charge in [-0.15, -0.1) is 13.2 Å². The van der Waals surface area contributed by atoms with Crippen LogP contribution in [0.3, 0.4) is 0 Å². The molecule has 1 aromatic carbocycles. The monoisotopic (exact) mass is 300 g/mol. The van der Waals surface area contributed by atoms with Crippen molar-refractivity contribution < 1.29 is 22.6 Å². The Balaban J connectivity index is 1.93. The molecule has 21 heavy (non-hydrogen) atoms. The number of nitriles is 1. The lowest BCUT2D eigenvalue weighted by Crippen LogP contribution is -2.29. The van der Waals surface area contributed by atoms with Crippen molar-refractivity contribution >= 4 is 0 Å². The Kier molecular flexibility index (Phi) is 5.04. The highest BCUT2D eigenvalue weighted by atomic mass is 19.4. The average Bonchev–Trinajstić information content (AvgIpc) is 2.92. The third-order valence-corrected chi connectivity index (χ3v) is 3.15. The lowest BCUT2D eigenvalue weighted by atomic mass is 10.1. The van der Waals surface area contributed by atoms with Crippen LogP contribution in [0.4, 0.5) is 13.2 Å². The predicted molar refractivity (Wildman–Crippen MR) is 68.5 cm³/mol. The smallest absolute Gasteiger partial charge is 0.406 e. The molecule has 1 aromatic rings. The summed E-state index contributed by atoms with van der Waals surface area (Å²) in [5, 5.41) is 12.2. The zero-order chi connectivity index (χ0) is 15.3. The van der Waals surface area contributed by atoms with Crippen LogP contribution in [-0.2, 0) is 4.74 Å². The van der Waals surface area contributed by atoms with Gasteiger partial charge in [-0.1, -0.05) is 12.1 Å². The van der Waals surface area contributed by atoms with Crippen molar-refractivity contribution in [1.29, 1.82) is 5.26 Å². The van der Waals surface area contributed by atoms with Gasteiger partial charge in [-0.05, 0) is 30.5 Å². The molecule has 1 heterocycles. The zero-order valence-electron chi connectivity index (χ0n) is 11.2. The van der Waals surface area contributed by atoms with Crippen LogP contribution in [0.1, 0.15) is 24.4 Å². The maximum Gasteiger partial charge on any atom is 0.573 e. The Morgan fingerprint density at radius 2 is 2.10 bits per heavy atom. The fourth-order valence-electron chi connectivity index (χ4n) is 2.15. The summed E-state index contributed by atoms with van der Waals surface area (Å²) in [4.78, 5) is 0. The molecule has 0 spiro atoms. The first-order valence-electron chi connectivity index (χ1n) is 6.58. The molecule has 0 aliphatic carbocycles. The number of nitrogens with one attached hydrogen (secondary N) is 1. The number of nitrogens with zero attached hydrogens (tertiary/aromatic N) is 1. The van der Waals surface area contributed by atoms with Crippen molar-refractivity contribution in [3.05, 3.63) is 29.8 Å². The molecule has 2 rings (SSSR count). The quantitative estimate of drug-likeness (QED) is 0.908. The Bertz CT molecular complexity index is 490. The number of hydrogen-bond donors (Lipinski definition) is 1. The van der Waals surface area contributed by atoms with Gasteiger partial charge in [0.1, 0.15) is 11.8 Å². The van der Waals surface area contributed by atoms with Crippen LogP contribution < -0.4 is 10.1 Å². The minimum absolute atomic E-state index is 0.0914. The summed E-state index contributed by atoms with van der Waals surface area (Å²) in [7, 11) is 0. The van der Waals surface area contributed by atoms with E-state index in [4.69, 9.17) is 10.00 Å². The van der Waals surface area contributed by atoms with E-state index in [1.165, 1.54) is 24.3 Å². The summed E-state index contributed by atoms with van der Waals surface area (Å²) in [6.45, 7) is 1.27. The molecule has 4 nitrogen and oxygen atoms in total. The van der Waals surface area contributed by atoms with Crippen molar-refractivity contribution in [2.24, 2.45) is 0 Å². The van der Waals surface area contributed by atoms with Crippen LogP contribution in [0.2, 0.25) is 0 Å². The number of halogens is 3. The van der Waals surface area contributed by atoms with Gasteiger partial charge in [0.15, 0.2) is 0 Å². The first kappa shape index (κ1) is 15.6. The maximum absolute atomic E-state index is 12.1. The predicted octanol–water partition coefficient (Wildman–Crippen LogP) is 2.92. The Morgan fingerprint density at radius 3 is 2.62 bits per heavy atom. The van der Waals surface area contributed by atoms with Crippen molar-refractivity contribution in [2.75, 3.05) is 13.2 Å². The highest BCUT2D eigenvalue weighted by Gasteiger charge is 2.31. The highest BCUT2D eigenvalue weighted by molar-refractivity contribution is 5.31. The van der Waals surface area contributed by atoms with E-state index >= 15 is 0 Å². The van der Waals surface area contributed by atoms with E-state index < -0.39 is 12.4 Å². The third-order valence-electron chi connectivity index (χ3n) is 3.15. The van der Waals surface area contributed by atoms with Gasteiger partial charge in [0.25, 0.3) is 0 Å². The molecule has 0 bridgehead atoms. The van der Waals surface area contributed by atoms with E-state index in [1.807, 2.05) is 0 Å². The molecule has 0 radical (unpaired) electrons. The van der Waals surface area contributed by atoms with Gasteiger partial charge in [0.2, 0.25) is 0 Å². The summed E-state index contributed by atoms with van der Waals surface area (Å²) < 4.78 is 45.4. The molecule has 1 aliphatic heterocycles. The number of rotatable bonds is 5. The summed E-state index contributed by atoms with van der Waals surface area (Å²) in [6.07, 6.45) is -2.67. The van der Waals surface area contributed by atoms with Crippen molar-refractivity contribution in [3.8, 4) is 11.8 Å². The van der Waals surface area contributed by atoms with Crippen LogP contribution in [0.5, 0.6) is 5.75 Å². The van der Waals surface area contributed by atoms with Crippen LogP contribution in [0, 0.1) is 11.3 Å². The normalized spacial score (nSPS) is 20.0. The zero-order valence-corrected chi connectivity index (χ0v) is 11.2. The van der Waals surface area contributed by atoms with E-state index in [0.29, 0.717) is 12.1 Å². The first-order valence-corrected chi connectivity index (χ1v) is 6.58. The van der Waals surface area contributed by atoms with Crippen LogP contribution >= 0.6 is 0 Å². The topological polar surface area (TPSA) is 54.3 Å².